The van der Waals surface area contributed by atoms with Crippen LogP contribution in [0.1, 0.15) is 17.3 Å². The van der Waals surface area contributed by atoms with Crippen LogP contribution in [0.5, 0.6) is 0 Å². The van der Waals surface area contributed by atoms with E-state index < -0.39 is 0 Å². The number of benzene rings is 1. The molecule has 0 aliphatic carbocycles. The number of rotatable bonds is 5. The van der Waals surface area contributed by atoms with E-state index in [1.54, 1.807) is 35.6 Å². The molecule has 1 aliphatic rings. The molecule has 3 rings (SSSR count). The predicted octanol–water partition coefficient (Wildman–Crippen LogP) is 3.33. The number of carbonyl (C=O) groups excluding carboxylic acids is 2. The molecule has 1 atom stereocenters. The average Bonchev–Trinajstić information content (AvgIpc) is 3.14. The predicted molar refractivity (Wildman–Crippen MR) is 111 cm³/mol. The highest BCUT2D eigenvalue weighted by molar-refractivity contribution is 8.01. The number of hydrogen-bond acceptors (Lipinski definition) is 5. The SMILES string of the molecule is CC1CNCCN1C(=O)c1ccc(NC(=O)CSc2cccs2)cc1.Cl. The van der Waals surface area contributed by atoms with E-state index in [1.165, 1.54) is 11.8 Å². The molecule has 0 saturated carbocycles. The highest BCUT2D eigenvalue weighted by Crippen LogP contribution is 2.23. The van der Waals surface area contributed by atoms with Crippen molar-refractivity contribution in [3.63, 3.8) is 0 Å². The van der Waals surface area contributed by atoms with Crippen LogP contribution in [-0.4, -0.2) is 48.1 Å². The van der Waals surface area contributed by atoms with Gasteiger partial charge in [-0.25, -0.2) is 0 Å². The number of thiophene rings is 1. The van der Waals surface area contributed by atoms with Gasteiger partial charge >= 0.3 is 0 Å². The number of anilines is 1. The van der Waals surface area contributed by atoms with Crippen molar-refractivity contribution >= 4 is 53.0 Å². The van der Waals surface area contributed by atoms with Crippen molar-refractivity contribution in [1.29, 1.82) is 0 Å². The Morgan fingerprint density at radius 2 is 2.08 bits per heavy atom. The van der Waals surface area contributed by atoms with Gasteiger partial charge in [0.1, 0.15) is 0 Å². The van der Waals surface area contributed by atoms with E-state index in [1.807, 2.05) is 29.3 Å². The summed E-state index contributed by atoms with van der Waals surface area (Å²) in [5.74, 6) is 0.368. The minimum Gasteiger partial charge on any atom is -0.333 e. The monoisotopic (exact) mass is 411 g/mol. The van der Waals surface area contributed by atoms with E-state index in [4.69, 9.17) is 0 Å². The maximum absolute atomic E-state index is 12.6. The van der Waals surface area contributed by atoms with Gasteiger partial charge in [0, 0.05) is 36.9 Å². The second-order valence-corrected chi connectivity index (χ2v) is 8.12. The number of hydrogen-bond donors (Lipinski definition) is 2. The zero-order valence-corrected chi connectivity index (χ0v) is 16.9. The molecule has 8 heteroatoms. The molecule has 140 valence electrons. The smallest absolute Gasteiger partial charge is 0.254 e. The molecule has 26 heavy (non-hydrogen) atoms. The molecular formula is C18H22ClN3O2S2. The van der Waals surface area contributed by atoms with Crippen LogP contribution in [0.3, 0.4) is 0 Å². The van der Waals surface area contributed by atoms with Crippen LogP contribution in [0.25, 0.3) is 0 Å². The van der Waals surface area contributed by atoms with Crippen molar-refractivity contribution in [2.24, 2.45) is 0 Å². The molecule has 0 spiro atoms. The summed E-state index contributed by atoms with van der Waals surface area (Å²) in [6.45, 7) is 4.41. The van der Waals surface area contributed by atoms with E-state index in [0.29, 0.717) is 17.0 Å². The summed E-state index contributed by atoms with van der Waals surface area (Å²) in [4.78, 5) is 26.5. The molecule has 1 aliphatic heterocycles. The van der Waals surface area contributed by atoms with Gasteiger partial charge in [-0.3, -0.25) is 9.59 Å². The minimum absolute atomic E-state index is 0. The Hall–Kier alpha value is -1.54. The molecule has 2 aromatic rings. The molecule has 0 radical (unpaired) electrons. The average molecular weight is 412 g/mol. The maximum Gasteiger partial charge on any atom is 0.254 e. The lowest BCUT2D eigenvalue weighted by Crippen LogP contribution is -2.52. The van der Waals surface area contributed by atoms with Crippen LogP contribution in [-0.2, 0) is 4.79 Å². The fourth-order valence-corrected chi connectivity index (χ4v) is 4.27. The van der Waals surface area contributed by atoms with Gasteiger partial charge in [0.2, 0.25) is 5.91 Å². The van der Waals surface area contributed by atoms with Crippen molar-refractivity contribution in [2.45, 2.75) is 17.2 Å². The van der Waals surface area contributed by atoms with Gasteiger partial charge in [-0.1, -0.05) is 6.07 Å². The molecule has 1 saturated heterocycles. The maximum atomic E-state index is 12.6. The lowest BCUT2D eigenvalue weighted by Gasteiger charge is -2.34. The molecule has 5 nitrogen and oxygen atoms in total. The number of amides is 2. The summed E-state index contributed by atoms with van der Waals surface area (Å²) in [6.07, 6.45) is 0. The number of nitrogens with one attached hydrogen (secondary N) is 2. The van der Waals surface area contributed by atoms with Crippen LogP contribution >= 0.6 is 35.5 Å². The first-order chi connectivity index (χ1) is 12.1. The highest BCUT2D eigenvalue weighted by Gasteiger charge is 2.23. The Labute approximate surface area is 168 Å². The number of carbonyl (C=O) groups is 2. The van der Waals surface area contributed by atoms with E-state index in [2.05, 4.69) is 10.6 Å². The Bertz CT molecular complexity index is 723. The molecule has 2 amide bonds. The van der Waals surface area contributed by atoms with Gasteiger partial charge in [0.05, 0.1) is 9.96 Å². The molecular weight excluding hydrogens is 390 g/mol. The fourth-order valence-electron chi connectivity index (χ4n) is 2.68. The third kappa shape index (κ3) is 5.48. The largest absolute Gasteiger partial charge is 0.333 e. The second kappa shape index (κ2) is 9.97. The van der Waals surface area contributed by atoms with Gasteiger partial charge < -0.3 is 15.5 Å². The van der Waals surface area contributed by atoms with Crippen molar-refractivity contribution < 1.29 is 9.59 Å². The molecule has 2 N–H and O–H groups in total. The van der Waals surface area contributed by atoms with Gasteiger partial charge in [0.25, 0.3) is 5.91 Å². The summed E-state index contributed by atoms with van der Waals surface area (Å²) in [5, 5.41) is 8.14. The lowest BCUT2D eigenvalue weighted by atomic mass is 10.1. The Morgan fingerprint density at radius 1 is 1.31 bits per heavy atom. The number of thioether (sulfide) groups is 1. The zero-order valence-electron chi connectivity index (χ0n) is 14.4. The normalized spacial score (nSPS) is 16.7. The van der Waals surface area contributed by atoms with Crippen molar-refractivity contribution in [3.05, 3.63) is 47.3 Å². The first-order valence-corrected chi connectivity index (χ1v) is 10.1. The van der Waals surface area contributed by atoms with Crippen LogP contribution in [0.2, 0.25) is 0 Å². The number of halogens is 1. The van der Waals surface area contributed by atoms with Crippen molar-refractivity contribution in [2.75, 3.05) is 30.7 Å². The summed E-state index contributed by atoms with van der Waals surface area (Å²) in [7, 11) is 0. The van der Waals surface area contributed by atoms with E-state index in [-0.39, 0.29) is 30.3 Å². The van der Waals surface area contributed by atoms with E-state index in [0.717, 1.165) is 23.8 Å². The minimum atomic E-state index is -0.0480. The first-order valence-electron chi connectivity index (χ1n) is 8.21. The third-order valence-corrected chi connectivity index (χ3v) is 6.15. The van der Waals surface area contributed by atoms with Crippen LogP contribution in [0, 0.1) is 0 Å². The van der Waals surface area contributed by atoms with Gasteiger partial charge in [-0.15, -0.1) is 35.5 Å². The summed E-state index contributed by atoms with van der Waals surface area (Å²) < 4.78 is 1.13. The fraction of sp³-hybridized carbons (Fsp3) is 0.333. The molecule has 2 heterocycles. The lowest BCUT2D eigenvalue weighted by molar-refractivity contribution is -0.113. The summed E-state index contributed by atoms with van der Waals surface area (Å²) in [5.41, 5.74) is 1.36. The van der Waals surface area contributed by atoms with Gasteiger partial charge in [-0.2, -0.15) is 0 Å². The molecule has 0 bridgehead atoms. The number of nitrogens with zero attached hydrogens (tertiary/aromatic N) is 1. The van der Waals surface area contributed by atoms with Gasteiger partial charge in [0.15, 0.2) is 0 Å². The quantitative estimate of drug-likeness (QED) is 0.741. The van der Waals surface area contributed by atoms with E-state index in [9.17, 15) is 9.59 Å². The number of piperazine rings is 1. The standard InChI is InChI=1S/C18H21N3O2S2.ClH/c1-13-11-19-8-9-21(13)18(23)14-4-6-15(7-5-14)20-16(22)12-25-17-3-2-10-24-17;/h2-7,10,13,19H,8-9,11-12H2,1H3,(H,20,22);1H. The summed E-state index contributed by atoms with van der Waals surface area (Å²) in [6, 6.07) is 11.3. The summed E-state index contributed by atoms with van der Waals surface area (Å²) >= 11 is 3.15. The highest BCUT2D eigenvalue weighted by atomic mass is 35.5. The molecule has 1 aromatic carbocycles. The zero-order chi connectivity index (χ0) is 17.6. The third-order valence-electron chi connectivity index (χ3n) is 4.02. The van der Waals surface area contributed by atoms with Crippen LogP contribution in [0.15, 0.2) is 46.0 Å². The van der Waals surface area contributed by atoms with Crippen LogP contribution in [0.4, 0.5) is 5.69 Å². The van der Waals surface area contributed by atoms with Crippen molar-refractivity contribution in [3.8, 4) is 0 Å². The molecule has 1 aromatic heterocycles. The molecule has 1 fully saturated rings. The Balaban J connectivity index is 0.00000243. The topological polar surface area (TPSA) is 61.4 Å². The van der Waals surface area contributed by atoms with Crippen molar-refractivity contribution in [1.82, 2.24) is 10.2 Å². The van der Waals surface area contributed by atoms with Gasteiger partial charge in [-0.05, 0) is 42.6 Å². The van der Waals surface area contributed by atoms with Crippen LogP contribution < -0.4 is 10.6 Å². The first kappa shape index (κ1) is 20.8. The van der Waals surface area contributed by atoms with E-state index >= 15 is 0 Å². The molecule has 1 unspecified atom stereocenters. The second-order valence-electron chi connectivity index (χ2n) is 5.90. The Kier molecular flexibility index (Phi) is 7.96. The Morgan fingerprint density at radius 3 is 2.73 bits per heavy atom.